The molecule has 18 heavy (non-hydrogen) atoms. The lowest BCUT2D eigenvalue weighted by Crippen LogP contribution is -2.30. The molecule has 1 heterocycles. The van der Waals surface area contributed by atoms with Crippen LogP contribution in [0.15, 0.2) is 22.6 Å². The molecule has 0 atom stereocenters. The number of nitrogens with one attached hydrogen (secondary N) is 1. The molecular formula is C13H14N2O3. The van der Waals surface area contributed by atoms with E-state index in [0.717, 1.165) is 16.7 Å². The summed E-state index contributed by atoms with van der Waals surface area (Å²) >= 11 is 0. The van der Waals surface area contributed by atoms with Crippen LogP contribution >= 0.6 is 0 Å². The lowest BCUT2D eigenvalue weighted by Gasteiger charge is -2.02. The molecular weight excluding hydrogens is 232 g/mol. The van der Waals surface area contributed by atoms with Crippen LogP contribution in [0.2, 0.25) is 0 Å². The Hall–Kier alpha value is -2.17. The monoisotopic (exact) mass is 246 g/mol. The first-order chi connectivity index (χ1) is 8.56. The van der Waals surface area contributed by atoms with Crippen LogP contribution in [-0.4, -0.2) is 23.2 Å². The van der Waals surface area contributed by atoms with Gasteiger partial charge in [0.2, 0.25) is 5.78 Å². The number of hydrogen-bond donors (Lipinski definition) is 1. The Bertz CT molecular complexity index is 601. The fourth-order valence-electron chi connectivity index (χ4n) is 1.68. The number of oxazole rings is 1. The van der Waals surface area contributed by atoms with Crippen molar-refractivity contribution < 1.29 is 14.0 Å². The van der Waals surface area contributed by atoms with E-state index in [1.54, 1.807) is 6.92 Å². The molecule has 1 N–H and O–H groups in total. The van der Waals surface area contributed by atoms with Gasteiger partial charge in [-0.3, -0.25) is 9.59 Å². The molecule has 0 aliphatic heterocycles. The Morgan fingerprint density at radius 1 is 1.39 bits per heavy atom. The maximum atomic E-state index is 11.1. The highest BCUT2D eigenvalue weighted by Crippen LogP contribution is 2.16. The van der Waals surface area contributed by atoms with Gasteiger partial charge in [0.1, 0.15) is 5.52 Å². The number of carbonyl (C=O) groups is 2. The molecule has 2 aromatic rings. The number of Topliss-reactive ketones (excluding diaryl/α,β-unsaturated/α-hetero) is 1. The fraction of sp³-hybridized carbons (Fsp3) is 0.308. The standard InChI is InChI=1S/C13H14N2O3/c1-8(16)13(17)14-6-5-10-3-4-11-12(7-10)18-9(2)15-11/h3-4,7H,5-6H2,1-2H3,(H,14,17). The second-order valence-electron chi connectivity index (χ2n) is 4.10. The molecule has 0 spiro atoms. The number of ketones is 1. The van der Waals surface area contributed by atoms with Crippen LogP contribution in [0.3, 0.4) is 0 Å². The minimum atomic E-state index is -0.549. The van der Waals surface area contributed by atoms with E-state index in [0.29, 0.717) is 18.9 Å². The van der Waals surface area contributed by atoms with Crippen molar-refractivity contribution in [2.24, 2.45) is 0 Å². The van der Waals surface area contributed by atoms with Gasteiger partial charge in [0.15, 0.2) is 11.5 Å². The van der Waals surface area contributed by atoms with Crippen LogP contribution in [-0.2, 0) is 16.0 Å². The summed E-state index contributed by atoms with van der Waals surface area (Å²) in [5.74, 6) is -0.394. The van der Waals surface area contributed by atoms with Crippen LogP contribution in [0.1, 0.15) is 18.4 Å². The molecule has 0 bridgehead atoms. The second kappa shape index (κ2) is 5.00. The van der Waals surface area contributed by atoms with Crippen LogP contribution < -0.4 is 5.32 Å². The molecule has 0 unspecified atom stereocenters. The van der Waals surface area contributed by atoms with Gasteiger partial charge in [-0.2, -0.15) is 0 Å². The van der Waals surface area contributed by atoms with Crippen LogP contribution in [0, 0.1) is 6.92 Å². The van der Waals surface area contributed by atoms with E-state index < -0.39 is 11.7 Å². The number of carbonyl (C=O) groups excluding carboxylic acids is 2. The van der Waals surface area contributed by atoms with Crippen LogP contribution in [0.5, 0.6) is 0 Å². The van der Waals surface area contributed by atoms with Crippen molar-refractivity contribution >= 4 is 22.8 Å². The summed E-state index contributed by atoms with van der Waals surface area (Å²) in [6, 6.07) is 5.72. The zero-order chi connectivity index (χ0) is 13.1. The molecule has 1 aromatic carbocycles. The number of aromatic nitrogens is 1. The predicted molar refractivity (Wildman–Crippen MR) is 66.1 cm³/mol. The summed E-state index contributed by atoms with van der Waals surface area (Å²) in [7, 11) is 0. The molecule has 1 aromatic heterocycles. The van der Waals surface area contributed by atoms with E-state index in [4.69, 9.17) is 4.42 Å². The molecule has 1 amide bonds. The van der Waals surface area contributed by atoms with Crippen LogP contribution in [0.25, 0.3) is 11.1 Å². The Balaban J connectivity index is 1.99. The summed E-state index contributed by atoms with van der Waals surface area (Å²) in [4.78, 5) is 26.0. The number of amides is 1. The van der Waals surface area contributed by atoms with Crippen molar-refractivity contribution in [2.45, 2.75) is 20.3 Å². The quantitative estimate of drug-likeness (QED) is 0.827. The molecule has 94 valence electrons. The minimum absolute atomic E-state index is 0.428. The first kappa shape index (κ1) is 12.3. The summed E-state index contributed by atoms with van der Waals surface area (Å²) < 4.78 is 5.42. The number of fused-ring (bicyclic) bond motifs is 1. The van der Waals surface area contributed by atoms with Crippen molar-refractivity contribution in [1.82, 2.24) is 10.3 Å². The Morgan fingerprint density at radius 3 is 2.89 bits per heavy atom. The van der Waals surface area contributed by atoms with Gasteiger partial charge in [-0.25, -0.2) is 4.98 Å². The SMILES string of the molecule is CC(=O)C(=O)NCCc1ccc2nc(C)oc2c1. The third kappa shape index (κ3) is 2.74. The summed E-state index contributed by atoms with van der Waals surface area (Å²) in [5, 5.41) is 2.55. The van der Waals surface area contributed by atoms with Crippen LogP contribution in [0.4, 0.5) is 0 Å². The highest BCUT2D eigenvalue weighted by atomic mass is 16.3. The van der Waals surface area contributed by atoms with Gasteiger partial charge in [0, 0.05) is 20.4 Å². The zero-order valence-electron chi connectivity index (χ0n) is 10.3. The van der Waals surface area contributed by atoms with Crippen molar-refractivity contribution in [3.05, 3.63) is 29.7 Å². The summed E-state index contributed by atoms with van der Waals surface area (Å²) in [6.45, 7) is 3.47. The van der Waals surface area contributed by atoms with Crippen molar-refractivity contribution in [3.8, 4) is 0 Å². The van der Waals surface area contributed by atoms with Gasteiger partial charge in [-0.05, 0) is 24.1 Å². The smallest absolute Gasteiger partial charge is 0.287 e. The second-order valence-corrected chi connectivity index (χ2v) is 4.10. The Labute approximate surface area is 104 Å². The maximum absolute atomic E-state index is 11.1. The topological polar surface area (TPSA) is 72.2 Å². The average molecular weight is 246 g/mol. The Morgan fingerprint density at radius 2 is 2.17 bits per heavy atom. The highest BCUT2D eigenvalue weighted by molar-refractivity contribution is 6.35. The largest absolute Gasteiger partial charge is 0.441 e. The van der Waals surface area contributed by atoms with E-state index in [-0.39, 0.29) is 0 Å². The summed E-state index contributed by atoms with van der Waals surface area (Å²) in [6.07, 6.45) is 0.648. The average Bonchev–Trinajstić information content (AvgIpc) is 2.68. The van der Waals surface area contributed by atoms with E-state index in [2.05, 4.69) is 10.3 Å². The van der Waals surface area contributed by atoms with Crippen molar-refractivity contribution in [3.63, 3.8) is 0 Å². The molecule has 0 aliphatic rings. The van der Waals surface area contributed by atoms with E-state index >= 15 is 0 Å². The lowest BCUT2D eigenvalue weighted by molar-refractivity contribution is -0.136. The van der Waals surface area contributed by atoms with Gasteiger partial charge >= 0.3 is 0 Å². The fourth-order valence-corrected chi connectivity index (χ4v) is 1.68. The molecule has 2 rings (SSSR count). The van der Waals surface area contributed by atoms with Gasteiger partial charge in [0.05, 0.1) is 0 Å². The number of aryl methyl sites for hydroxylation is 1. The Kier molecular flexibility index (Phi) is 3.41. The van der Waals surface area contributed by atoms with E-state index in [9.17, 15) is 9.59 Å². The van der Waals surface area contributed by atoms with Gasteiger partial charge in [-0.1, -0.05) is 6.07 Å². The molecule has 0 fully saturated rings. The van der Waals surface area contributed by atoms with Crippen molar-refractivity contribution in [1.29, 1.82) is 0 Å². The molecule has 0 saturated carbocycles. The minimum Gasteiger partial charge on any atom is -0.441 e. The third-order valence-corrected chi connectivity index (χ3v) is 2.58. The number of hydrogen-bond acceptors (Lipinski definition) is 4. The maximum Gasteiger partial charge on any atom is 0.287 e. The first-order valence-electron chi connectivity index (χ1n) is 5.71. The summed E-state index contributed by atoms with van der Waals surface area (Å²) in [5.41, 5.74) is 2.59. The van der Waals surface area contributed by atoms with Crippen molar-refractivity contribution in [2.75, 3.05) is 6.54 Å². The highest BCUT2D eigenvalue weighted by Gasteiger charge is 2.07. The van der Waals surface area contributed by atoms with E-state index in [1.165, 1.54) is 6.92 Å². The number of nitrogens with zero attached hydrogens (tertiary/aromatic N) is 1. The molecule has 0 saturated heterocycles. The van der Waals surface area contributed by atoms with Gasteiger partial charge in [0.25, 0.3) is 5.91 Å². The first-order valence-corrected chi connectivity index (χ1v) is 5.71. The predicted octanol–water partition coefficient (Wildman–Crippen LogP) is 1.38. The normalized spacial score (nSPS) is 10.6. The van der Waals surface area contributed by atoms with Gasteiger partial charge in [-0.15, -0.1) is 0 Å². The van der Waals surface area contributed by atoms with E-state index in [1.807, 2.05) is 18.2 Å². The molecule has 5 nitrogen and oxygen atoms in total. The number of benzene rings is 1. The molecule has 0 aliphatic carbocycles. The molecule has 0 radical (unpaired) electrons. The van der Waals surface area contributed by atoms with Gasteiger partial charge < -0.3 is 9.73 Å². The number of rotatable bonds is 4. The lowest BCUT2D eigenvalue weighted by atomic mass is 10.1. The molecule has 5 heteroatoms. The third-order valence-electron chi connectivity index (χ3n) is 2.58. The zero-order valence-corrected chi connectivity index (χ0v) is 10.3.